The molecule has 0 unspecified atom stereocenters. The molecule has 1 aliphatic heterocycles. The topological polar surface area (TPSA) is 29.0 Å². The zero-order valence-corrected chi connectivity index (χ0v) is 7.15. The summed E-state index contributed by atoms with van der Waals surface area (Å²) in [4.78, 5) is 9.42. The minimum Gasteiger partial charge on any atom is -0.350 e. The highest BCUT2D eigenvalue weighted by atomic mass is 19.1. The third-order valence-corrected chi connectivity index (χ3v) is 2.01. The van der Waals surface area contributed by atoms with Gasteiger partial charge in [0.25, 0.3) is 0 Å². The van der Waals surface area contributed by atoms with Crippen LogP contribution in [0, 0.1) is 5.82 Å². The number of hydrogen-bond donors (Lipinski definition) is 0. The van der Waals surface area contributed by atoms with E-state index in [9.17, 15) is 4.39 Å². The molecule has 0 bridgehead atoms. The van der Waals surface area contributed by atoms with E-state index in [1.807, 2.05) is 11.0 Å². The second-order valence-electron chi connectivity index (χ2n) is 2.90. The molecule has 0 aliphatic carbocycles. The normalized spacial score (nSPS) is 16.2. The van der Waals surface area contributed by atoms with Gasteiger partial charge in [0.05, 0.1) is 6.20 Å². The van der Waals surface area contributed by atoms with Crippen molar-refractivity contribution in [1.82, 2.24) is 9.97 Å². The molecule has 2 rings (SSSR count). The van der Waals surface area contributed by atoms with Gasteiger partial charge in [0, 0.05) is 13.1 Å². The lowest BCUT2D eigenvalue weighted by Crippen LogP contribution is -2.28. The molecule has 0 fully saturated rings. The fourth-order valence-corrected chi connectivity index (χ4v) is 1.37. The summed E-state index contributed by atoms with van der Waals surface area (Å²) in [7, 11) is 0. The number of aromatic nitrogens is 2. The van der Waals surface area contributed by atoms with Gasteiger partial charge < -0.3 is 4.90 Å². The SMILES string of the molecule is Fc1cncnc1N1CC=CCC1. The first-order valence-electron chi connectivity index (χ1n) is 4.23. The molecule has 1 aromatic heterocycles. The van der Waals surface area contributed by atoms with Crippen LogP contribution in [0.25, 0.3) is 0 Å². The molecule has 4 heteroatoms. The zero-order chi connectivity index (χ0) is 9.10. The van der Waals surface area contributed by atoms with Gasteiger partial charge in [-0.15, -0.1) is 0 Å². The second kappa shape index (κ2) is 3.51. The smallest absolute Gasteiger partial charge is 0.183 e. The van der Waals surface area contributed by atoms with Crippen LogP contribution in [0.2, 0.25) is 0 Å². The van der Waals surface area contributed by atoms with E-state index in [-0.39, 0.29) is 5.82 Å². The second-order valence-corrected chi connectivity index (χ2v) is 2.90. The van der Waals surface area contributed by atoms with Crippen LogP contribution in [-0.4, -0.2) is 23.1 Å². The Kier molecular flexibility index (Phi) is 2.21. The minimum absolute atomic E-state index is 0.349. The van der Waals surface area contributed by atoms with Crippen LogP contribution in [-0.2, 0) is 0 Å². The van der Waals surface area contributed by atoms with E-state index in [1.54, 1.807) is 0 Å². The molecule has 0 atom stereocenters. The molecule has 68 valence electrons. The van der Waals surface area contributed by atoms with Crippen LogP contribution in [0.15, 0.2) is 24.7 Å². The van der Waals surface area contributed by atoms with E-state index in [4.69, 9.17) is 0 Å². The number of nitrogens with zero attached hydrogens (tertiary/aromatic N) is 3. The van der Waals surface area contributed by atoms with Gasteiger partial charge in [0.15, 0.2) is 11.6 Å². The molecule has 0 saturated heterocycles. The number of rotatable bonds is 1. The van der Waals surface area contributed by atoms with Crippen molar-refractivity contribution in [3.05, 3.63) is 30.5 Å². The Morgan fingerprint density at radius 2 is 2.31 bits per heavy atom. The predicted octanol–water partition coefficient (Wildman–Crippen LogP) is 1.38. The first kappa shape index (κ1) is 8.16. The standard InChI is InChI=1S/C9H10FN3/c10-8-6-11-7-12-9(8)13-4-2-1-3-5-13/h1-2,6-7H,3-5H2. The van der Waals surface area contributed by atoms with Crippen LogP contribution in [0.3, 0.4) is 0 Å². The molecule has 0 spiro atoms. The Balaban J connectivity index is 2.24. The van der Waals surface area contributed by atoms with Gasteiger partial charge in [-0.05, 0) is 6.42 Å². The summed E-state index contributed by atoms with van der Waals surface area (Å²) in [6.07, 6.45) is 7.63. The lowest BCUT2D eigenvalue weighted by atomic mass is 10.2. The summed E-state index contributed by atoms with van der Waals surface area (Å²) < 4.78 is 13.2. The molecule has 0 radical (unpaired) electrons. The van der Waals surface area contributed by atoms with Crippen LogP contribution < -0.4 is 4.90 Å². The van der Waals surface area contributed by atoms with Crippen molar-refractivity contribution in [2.75, 3.05) is 18.0 Å². The molecule has 0 saturated carbocycles. The van der Waals surface area contributed by atoms with Gasteiger partial charge in [-0.2, -0.15) is 0 Å². The van der Waals surface area contributed by atoms with Gasteiger partial charge in [-0.1, -0.05) is 12.2 Å². The number of halogens is 1. The molecular formula is C9H10FN3. The molecule has 0 N–H and O–H groups in total. The summed E-state index contributed by atoms with van der Waals surface area (Å²) in [5.74, 6) is 0.0529. The maximum atomic E-state index is 13.2. The lowest BCUT2D eigenvalue weighted by Gasteiger charge is -2.24. The van der Waals surface area contributed by atoms with Crippen LogP contribution in [0.1, 0.15) is 6.42 Å². The average Bonchev–Trinajstić information content (AvgIpc) is 2.20. The van der Waals surface area contributed by atoms with Crippen LogP contribution in [0.4, 0.5) is 10.2 Å². The Morgan fingerprint density at radius 3 is 3.00 bits per heavy atom. The summed E-state index contributed by atoms with van der Waals surface area (Å²) in [5, 5.41) is 0. The Morgan fingerprint density at radius 1 is 1.38 bits per heavy atom. The summed E-state index contributed by atoms with van der Waals surface area (Å²) in [5.41, 5.74) is 0. The Bertz CT molecular complexity index is 324. The predicted molar refractivity (Wildman–Crippen MR) is 48.0 cm³/mol. The van der Waals surface area contributed by atoms with E-state index in [1.165, 1.54) is 12.5 Å². The van der Waals surface area contributed by atoms with Crippen molar-refractivity contribution in [2.24, 2.45) is 0 Å². The molecule has 1 aliphatic rings. The lowest BCUT2D eigenvalue weighted by molar-refractivity contribution is 0.603. The van der Waals surface area contributed by atoms with Gasteiger partial charge in [0.2, 0.25) is 0 Å². The molecular weight excluding hydrogens is 169 g/mol. The molecule has 0 amide bonds. The van der Waals surface area contributed by atoms with E-state index in [2.05, 4.69) is 16.0 Å². The van der Waals surface area contributed by atoms with Crippen molar-refractivity contribution in [3.8, 4) is 0 Å². The summed E-state index contributed by atoms with van der Waals surface area (Å²) >= 11 is 0. The van der Waals surface area contributed by atoms with Gasteiger partial charge in [0.1, 0.15) is 6.33 Å². The van der Waals surface area contributed by atoms with E-state index in [0.717, 1.165) is 19.5 Å². The largest absolute Gasteiger partial charge is 0.350 e. The van der Waals surface area contributed by atoms with Gasteiger partial charge >= 0.3 is 0 Å². The fraction of sp³-hybridized carbons (Fsp3) is 0.333. The van der Waals surface area contributed by atoms with Crippen molar-refractivity contribution in [2.45, 2.75) is 6.42 Å². The quantitative estimate of drug-likeness (QED) is 0.610. The maximum Gasteiger partial charge on any atom is 0.183 e. The highest BCUT2D eigenvalue weighted by Gasteiger charge is 2.12. The van der Waals surface area contributed by atoms with Gasteiger partial charge in [-0.3, -0.25) is 0 Å². The van der Waals surface area contributed by atoms with Gasteiger partial charge in [-0.25, -0.2) is 14.4 Å². The average molecular weight is 179 g/mol. The molecule has 13 heavy (non-hydrogen) atoms. The third-order valence-electron chi connectivity index (χ3n) is 2.01. The van der Waals surface area contributed by atoms with Crippen LogP contribution in [0.5, 0.6) is 0 Å². The van der Waals surface area contributed by atoms with Crippen molar-refractivity contribution >= 4 is 5.82 Å². The molecule has 0 aromatic carbocycles. The first-order valence-corrected chi connectivity index (χ1v) is 4.23. The number of hydrogen-bond acceptors (Lipinski definition) is 3. The molecule has 3 nitrogen and oxygen atoms in total. The minimum atomic E-state index is -0.349. The molecule has 2 heterocycles. The first-order chi connectivity index (χ1) is 6.38. The summed E-state index contributed by atoms with van der Waals surface area (Å²) in [6.45, 7) is 1.55. The highest BCUT2D eigenvalue weighted by molar-refractivity contribution is 5.40. The Hall–Kier alpha value is -1.45. The fourth-order valence-electron chi connectivity index (χ4n) is 1.37. The van der Waals surface area contributed by atoms with Crippen molar-refractivity contribution < 1.29 is 4.39 Å². The summed E-state index contributed by atoms with van der Waals surface area (Å²) in [6, 6.07) is 0. The Labute approximate surface area is 75.9 Å². The molecule has 1 aromatic rings. The zero-order valence-electron chi connectivity index (χ0n) is 7.15. The maximum absolute atomic E-state index is 13.2. The number of anilines is 1. The van der Waals surface area contributed by atoms with E-state index < -0.39 is 0 Å². The van der Waals surface area contributed by atoms with E-state index >= 15 is 0 Å². The van der Waals surface area contributed by atoms with Crippen LogP contribution >= 0.6 is 0 Å². The highest BCUT2D eigenvalue weighted by Crippen LogP contribution is 2.16. The van der Waals surface area contributed by atoms with Crippen molar-refractivity contribution in [1.29, 1.82) is 0 Å². The van der Waals surface area contributed by atoms with E-state index in [0.29, 0.717) is 5.82 Å². The van der Waals surface area contributed by atoms with Crippen molar-refractivity contribution in [3.63, 3.8) is 0 Å². The monoisotopic (exact) mass is 179 g/mol. The third kappa shape index (κ3) is 1.66.